The highest BCUT2D eigenvalue weighted by molar-refractivity contribution is 9.10. The van der Waals surface area contributed by atoms with Gasteiger partial charge in [-0.2, -0.15) is 0 Å². The van der Waals surface area contributed by atoms with Gasteiger partial charge >= 0.3 is 5.97 Å². The first-order valence-electron chi connectivity index (χ1n) is 3.27. The smallest absolute Gasteiger partial charge is 0.337 e. The van der Waals surface area contributed by atoms with Gasteiger partial charge in [0, 0.05) is 4.47 Å². The Bertz CT molecular complexity index is 298. The fourth-order valence-electron chi connectivity index (χ4n) is 0.819. The van der Waals surface area contributed by atoms with Gasteiger partial charge in [-0.1, -0.05) is 28.1 Å². The van der Waals surface area contributed by atoms with E-state index in [2.05, 4.69) is 15.9 Å². The topological polar surface area (TPSA) is 57.5 Å². The van der Waals surface area contributed by atoms with Crippen LogP contribution in [0.15, 0.2) is 28.7 Å². The number of benzene rings is 1. The zero-order chi connectivity index (χ0) is 9.14. The molecule has 0 bridgehead atoms. The van der Waals surface area contributed by atoms with Gasteiger partial charge in [0.25, 0.3) is 0 Å². The van der Waals surface area contributed by atoms with Crippen molar-refractivity contribution in [3.05, 3.63) is 34.3 Å². The van der Waals surface area contributed by atoms with Crippen molar-refractivity contribution in [1.29, 1.82) is 0 Å². The molecule has 3 nitrogen and oxygen atoms in total. The maximum absolute atomic E-state index is 10.3. The Kier molecular flexibility index (Phi) is 2.83. The normalized spacial score (nSPS) is 12.5. The molecule has 0 amide bonds. The molecule has 4 heteroatoms. The monoisotopic (exact) mass is 230 g/mol. The van der Waals surface area contributed by atoms with Crippen LogP contribution in [-0.2, 0) is 4.79 Å². The molecule has 0 aromatic heterocycles. The van der Waals surface area contributed by atoms with Gasteiger partial charge in [-0.15, -0.1) is 0 Å². The predicted molar refractivity (Wildman–Crippen MR) is 46.7 cm³/mol. The molecule has 1 aromatic rings. The summed E-state index contributed by atoms with van der Waals surface area (Å²) in [7, 11) is 0. The molecule has 0 aliphatic heterocycles. The van der Waals surface area contributed by atoms with E-state index in [1.165, 1.54) is 0 Å². The van der Waals surface area contributed by atoms with Crippen molar-refractivity contribution < 1.29 is 15.0 Å². The second-order valence-electron chi connectivity index (χ2n) is 2.30. The first-order valence-corrected chi connectivity index (χ1v) is 4.07. The number of carboxylic acids is 1. The van der Waals surface area contributed by atoms with E-state index in [1.54, 1.807) is 24.3 Å². The number of halogens is 1. The summed E-state index contributed by atoms with van der Waals surface area (Å²) < 4.78 is 0.750. The highest BCUT2D eigenvalue weighted by Gasteiger charge is 2.15. The molecule has 0 aliphatic rings. The quantitative estimate of drug-likeness (QED) is 0.812. The van der Waals surface area contributed by atoms with Crippen molar-refractivity contribution in [1.82, 2.24) is 0 Å². The molecule has 2 N–H and O–H groups in total. The first kappa shape index (κ1) is 9.22. The molecule has 0 spiro atoms. The van der Waals surface area contributed by atoms with Crippen molar-refractivity contribution in [3.8, 4) is 0 Å². The van der Waals surface area contributed by atoms with E-state index in [1.807, 2.05) is 0 Å². The molecule has 0 aliphatic carbocycles. The molecular formula is C8H7BrO3. The summed E-state index contributed by atoms with van der Waals surface area (Å²) in [6.45, 7) is 0. The van der Waals surface area contributed by atoms with Crippen LogP contribution in [0.4, 0.5) is 0 Å². The summed E-state index contributed by atoms with van der Waals surface area (Å²) in [5, 5.41) is 17.6. The molecule has 1 aromatic carbocycles. The van der Waals surface area contributed by atoms with Crippen LogP contribution < -0.4 is 0 Å². The number of aliphatic hydroxyl groups excluding tert-OH is 1. The third-order valence-corrected chi connectivity index (χ3v) is 1.89. The third-order valence-electron chi connectivity index (χ3n) is 1.40. The fraction of sp³-hybridized carbons (Fsp3) is 0.125. The van der Waals surface area contributed by atoms with Crippen LogP contribution in [0.25, 0.3) is 0 Å². The summed E-state index contributed by atoms with van der Waals surface area (Å²) in [5.41, 5.74) is 0.372. The molecule has 0 radical (unpaired) electrons. The Morgan fingerprint density at radius 3 is 2.67 bits per heavy atom. The van der Waals surface area contributed by atoms with Gasteiger partial charge in [0.2, 0.25) is 0 Å². The Balaban J connectivity index is 2.95. The van der Waals surface area contributed by atoms with E-state index in [9.17, 15) is 4.79 Å². The minimum atomic E-state index is -1.44. The zero-order valence-corrected chi connectivity index (χ0v) is 7.65. The number of rotatable bonds is 2. The van der Waals surface area contributed by atoms with Crippen molar-refractivity contribution in [3.63, 3.8) is 0 Å². The molecule has 0 unspecified atom stereocenters. The molecule has 0 saturated carbocycles. The van der Waals surface area contributed by atoms with Gasteiger partial charge in [0.05, 0.1) is 0 Å². The second kappa shape index (κ2) is 3.69. The first-order chi connectivity index (χ1) is 5.61. The van der Waals surface area contributed by atoms with Gasteiger partial charge in [0.15, 0.2) is 6.10 Å². The van der Waals surface area contributed by atoms with Crippen LogP contribution in [0.5, 0.6) is 0 Å². The lowest BCUT2D eigenvalue weighted by Gasteiger charge is -2.04. The summed E-state index contributed by atoms with van der Waals surface area (Å²) in [5.74, 6) is -1.24. The average Bonchev–Trinajstić information content (AvgIpc) is 2.03. The standard InChI is InChI=1S/C8H7BrO3/c9-6-3-1-2-5(4-6)7(10)8(11)12/h1-4,7,10H,(H,11,12)/t7-/m0/s1. The molecule has 64 valence electrons. The summed E-state index contributed by atoms with van der Waals surface area (Å²) >= 11 is 3.18. The largest absolute Gasteiger partial charge is 0.479 e. The van der Waals surface area contributed by atoms with E-state index in [0.29, 0.717) is 5.56 Å². The minimum Gasteiger partial charge on any atom is -0.479 e. The predicted octanol–water partition coefficient (Wildman–Crippen LogP) is 1.57. The van der Waals surface area contributed by atoms with Crippen molar-refractivity contribution in [2.24, 2.45) is 0 Å². The van der Waals surface area contributed by atoms with Crippen molar-refractivity contribution >= 4 is 21.9 Å². The van der Waals surface area contributed by atoms with Crippen molar-refractivity contribution in [2.45, 2.75) is 6.10 Å². The van der Waals surface area contributed by atoms with Crippen LogP contribution in [0.3, 0.4) is 0 Å². The lowest BCUT2D eigenvalue weighted by atomic mass is 10.1. The Labute approximate surface area is 77.8 Å². The molecule has 0 heterocycles. The summed E-state index contributed by atoms with van der Waals surface area (Å²) in [6, 6.07) is 6.56. The maximum Gasteiger partial charge on any atom is 0.337 e. The van der Waals surface area contributed by atoms with Crippen molar-refractivity contribution in [2.75, 3.05) is 0 Å². The van der Waals surface area contributed by atoms with Gasteiger partial charge in [0.1, 0.15) is 0 Å². The number of carbonyl (C=O) groups is 1. The number of aliphatic hydroxyl groups is 1. The lowest BCUT2D eigenvalue weighted by Crippen LogP contribution is -2.09. The molecule has 0 fully saturated rings. The van der Waals surface area contributed by atoms with E-state index < -0.39 is 12.1 Å². The van der Waals surface area contributed by atoms with Crippen LogP contribution in [0.1, 0.15) is 11.7 Å². The molecule has 1 atom stereocenters. The highest BCUT2D eigenvalue weighted by atomic mass is 79.9. The van der Waals surface area contributed by atoms with Crippen LogP contribution >= 0.6 is 15.9 Å². The Hall–Kier alpha value is -0.870. The third kappa shape index (κ3) is 2.06. The molecule has 1 rings (SSSR count). The Morgan fingerprint density at radius 2 is 2.17 bits per heavy atom. The maximum atomic E-state index is 10.3. The summed E-state index contributed by atoms with van der Waals surface area (Å²) in [6.07, 6.45) is -1.44. The van der Waals surface area contributed by atoms with Gasteiger partial charge in [-0.3, -0.25) is 0 Å². The Morgan fingerprint density at radius 1 is 1.50 bits per heavy atom. The number of hydrogen-bond acceptors (Lipinski definition) is 2. The van der Waals surface area contributed by atoms with Crippen LogP contribution in [0.2, 0.25) is 0 Å². The highest BCUT2D eigenvalue weighted by Crippen LogP contribution is 2.17. The SMILES string of the molecule is O=C(O)[C@@H](O)c1cccc(Br)c1. The van der Waals surface area contributed by atoms with E-state index in [-0.39, 0.29) is 0 Å². The van der Waals surface area contributed by atoms with Gasteiger partial charge in [-0.25, -0.2) is 4.79 Å². The van der Waals surface area contributed by atoms with E-state index >= 15 is 0 Å². The molecular weight excluding hydrogens is 224 g/mol. The van der Waals surface area contributed by atoms with E-state index in [0.717, 1.165) is 4.47 Å². The minimum absolute atomic E-state index is 0.372. The fourth-order valence-corrected chi connectivity index (χ4v) is 1.24. The van der Waals surface area contributed by atoms with Crippen LogP contribution in [-0.4, -0.2) is 16.2 Å². The molecule has 12 heavy (non-hydrogen) atoms. The van der Waals surface area contributed by atoms with E-state index in [4.69, 9.17) is 10.2 Å². The lowest BCUT2D eigenvalue weighted by molar-refractivity contribution is -0.146. The number of hydrogen-bond donors (Lipinski definition) is 2. The molecule has 0 saturated heterocycles. The average molecular weight is 231 g/mol. The number of carboxylic acid groups (broad SMARTS) is 1. The van der Waals surface area contributed by atoms with Gasteiger partial charge < -0.3 is 10.2 Å². The van der Waals surface area contributed by atoms with Crippen LogP contribution in [0, 0.1) is 0 Å². The van der Waals surface area contributed by atoms with Gasteiger partial charge in [-0.05, 0) is 17.7 Å². The second-order valence-corrected chi connectivity index (χ2v) is 3.21. The number of aliphatic carboxylic acids is 1. The zero-order valence-electron chi connectivity index (χ0n) is 6.07. The summed E-state index contributed by atoms with van der Waals surface area (Å²) in [4.78, 5) is 10.3.